The highest BCUT2D eigenvalue weighted by molar-refractivity contribution is 5.91. The van der Waals surface area contributed by atoms with Gasteiger partial charge in [0.1, 0.15) is 17.9 Å². The summed E-state index contributed by atoms with van der Waals surface area (Å²) in [6.45, 7) is 0.236. The number of nitro benzene ring substituents is 1. The lowest BCUT2D eigenvalue weighted by atomic mass is 10.2. The van der Waals surface area contributed by atoms with E-state index >= 15 is 0 Å². The Morgan fingerprint density at radius 1 is 1.33 bits per heavy atom. The predicted octanol–water partition coefficient (Wildman–Crippen LogP) is 2.51. The molecule has 27 heavy (non-hydrogen) atoms. The summed E-state index contributed by atoms with van der Waals surface area (Å²) in [6, 6.07) is 7.07. The summed E-state index contributed by atoms with van der Waals surface area (Å²) in [4.78, 5) is 30.7. The number of amides is 2. The van der Waals surface area contributed by atoms with E-state index < -0.39 is 11.0 Å². The van der Waals surface area contributed by atoms with E-state index in [1.54, 1.807) is 35.6 Å². The van der Waals surface area contributed by atoms with E-state index in [-0.39, 0.29) is 17.9 Å². The second-order valence-electron chi connectivity index (χ2n) is 5.44. The molecule has 10 heteroatoms. The number of carbonyl (C=O) groups is 1. The zero-order valence-electron chi connectivity index (χ0n) is 14.3. The first kappa shape index (κ1) is 17.9. The molecule has 0 aliphatic heterocycles. The van der Waals surface area contributed by atoms with Gasteiger partial charge >= 0.3 is 6.03 Å². The first-order valence-electron chi connectivity index (χ1n) is 7.87. The Balaban J connectivity index is 1.61. The zero-order valence-corrected chi connectivity index (χ0v) is 14.3. The number of hydrogen-bond acceptors (Lipinski definition) is 6. The van der Waals surface area contributed by atoms with Crippen LogP contribution in [0, 0.1) is 10.1 Å². The Morgan fingerprint density at radius 3 is 2.81 bits per heavy atom. The lowest BCUT2D eigenvalue weighted by Crippen LogP contribution is -2.28. The highest BCUT2D eigenvalue weighted by atomic mass is 16.6. The number of nitrogens with zero attached hydrogens (tertiary/aromatic N) is 4. The van der Waals surface area contributed by atoms with Crippen LogP contribution in [0.15, 0.2) is 55.2 Å². The zero-order chi connectivity index (χ0) is 19.2. The van der Waals surface area contributed by atoms with E-state index in [0.717, 1.165) is 5.56 Å². The number of imidazole rings is 1. The molecule has 0 bridgehead atoms. The van der Waals surface area contributed by atoms with Crippen molar-refractivity contribution in [2.24, 2.45) is 0 Å². The number of non-ortho nitro benzene ring substituents is 1. The number of hydrogen-bond donors (Lipinski definition) is 2. The van der Waals surface area contributed by atoms with Crippen LogP contribution >= 0.6 is 0 Å². The molecule has 0 aliphatic carbocycles. The number of pyridine rings is 1. The summed E-state index contributed by atoms with van der Waals surface area (Å²) in [6.07, 6.45) is 6.72. The molecule has 3 rings (SSSR count). The number of nitro groups is 1. The van der Waals surface area contributed by atoms with E-state index in [2.05, 4.69) is 20.6 Å². The first-order valence-corrected chi connectivity index (χ1v) is 7.87. The third-order valence-corrected chi connectivity index (χ3v) is 3.67. The summed E-state index contributed by atoms with van der Waals surface area (Å²) in [5, 5.41) is 16.1. The van der Waals surface area contributed by atoms with Crippen LogP contribution in [0.3, 0.4) is 0 Å². The molecule has 0 unspecified atom stereocenters. The van der Waals surface area contributed by atoms with E-state index in [4.69, 9.17) is 4.74 Å². The highest BCUT2D eigenvalue weighted by Crippen LogP contribution is 2.28. The average Bonchev–Trinajstić information content (AvgIpc) is 3.21. The number of rotatable bonds is 6. The van der Waals surface area contributed by atoms with Crippen LogP contribution in [0.5, 0.6) is 5.75 Å². The Bertz CT molecular complexity index is 941. The van der Waals surface area contributed by atoms with Gasteiger partial charge in [0.15, 0.2) is 0 Å². The second-order valence-corrected chi connectivity index (χ2v) is 5.44. The number of benzene rings is 1. The minimum atomic E-state index is -0.546. The molecule has 3 aromatic rings. The Morgan fingerprint density at radius 2 is 2.19 bits per heavy atom. The molecule has 0 radical (unpaired) electrons. The van der Waals surface area contributed by atoms with Gasteiger partial charge in [-0.25, -0.2) is 14.8 Å². The lowest BCUT2D eigenvalue weighted by Gasteiger charge is -2.11. The van der Waals surface area contributed by atoms with Crippen molar-refractivity contribution in [2.75, 3.05) is 12.4 Å². The molecule has 2 amide bonds. The van der Waals surface area contributed by atoms with Crippen LogP contribution in [0.4, 0.5) is 16.2 Å². The van der Waals surface area contributed by atoms with Gasteiger partial charge in [0.25, 0.3) is 5.69 Å². The first-order chi connectivity index (χ1) is 13.1. The van der Waals surface area contributed by atoms with Crippen LogP contribution < -0.4 is 15.4 Å². The molecule has 0 atom stereocenters. The van der Waals surface area contributed by atoms with Gasteiger partial charge in [-0.15, -0.1) is 0 Å². The number of aromatic nitrogens is 3. The molecule has 2 heterocycles. The molecule has 2 aromatic heterocycles. The number of methoxy groups -OCH3 is 1. The van der Waals surface area contributed by atoms with Crippen LogP contribution in [0.25, 0.3) is 5.82 Å². The Labute approximate surface area is 154 Å². The fourth-order valence-electron chi connectivity index (χ4n) is 2.32. The van der Waals surface area contributed by atoms with E-state index in [1.165, 1.54) is 25.3 Å². The van der Waals surface area contributed by atoms with E-state index in [1.807, 2.05) is 6.07 Å². The van der Waals surface area contributed by atoms with Crippen molar-refractivity contribution < 1.29 is 14.5 Å². The summed E-state index contributed by atoms with van der Waals surface area (Å²) >= 11 is 0. The maximum absolute atomic E-state index is 12.1. The molecular weight excluding hydrogens is 352 g/mol. The van der Waals surface area contributed by atoms with Gasteiger partial charge in [-0.1, -0.05) is 6.07 Å². The van der Waals surface area contributed by atoms with Gasteiger partial charge in [-0.05, 0) is 17.7 Å². The van der Waals surface area contributed by atoms with Crippen molar-refractivity contribution in [3.63, 3.8) is 0 Å². The van der Waals surface area contributed by atoms with Crippen molar-refractivity contribution in [1.82, 2.24) is 19.9 Å². The minimum absolute atomic E-state index is 0.148. The Kier molecular flexibility index (Phi) is 5.26. The summed E-state index contributed by atoms with van der Waals surface area (Å²) < 4.78 is 6.87. The molecule has 138 valence electrons. The van der Waals surface area contributed by atoms with Crippen LogP contribution in [0.2, 0.25) is 0 Å². The third-order valence-electron chi connectivity index (χ3n) is 3.67. The van der Waals surface area contributed by atoms with Gasteiger partial charge < -0.3 is 15.4 Å². The molecule has 10 nitrogen and oxygen atoms in total. The topological polar surface area (TPSA) is 124 Å². The van der Waals surface area contributed by atoms with E-state index in [0.29, 0.717) is 11.6 Å². The second kappa shape index (κ2) is 7.95. The number of nitrogens with one attached hydrogen (secondary N) is 2. The van der Waals surface area contributed by atoms with Crippen molar-refractivity contribution in [3.05, 3.63) is 70.9 Å². The van der Waals surface area contributed by atoms with Crippen molar-refractivity contribution >= 4 is 17.4 Å². The summed E-state index contributed by atoms with van der Waals surface area (Å²) in [5.74, 6) is 1.03. The quantitative estimate of drug-likeness (QED) is 0.509. The third kappa shape index (κ3) is 4.37. The van der Waals surface area contributed by atoms with Crippen LogP contribution in [0.1, 0.15) is 5.56 Å². The summed E-state index contributed by atoms with van der Waals surface area (Å²) in [7, 11) is 1.41. The fraction of sp³-hybridized carbons (Fsp3) is 0.118. The van der Waals surface area contributed by atoms with Gasteiger partial charge in [-0.3, -0.25) is 14.7 Å². The molecule has 0 saturated carbocycles. The lowest BCUT2D eigenvalue weighted by molar-refractivity contribution is -0.384. The van der Waals surface area contributed by atoms with Gasteiger partial charge in [0.2, 0.25) is 0 Å². The molecule has 0 saturated heterocycles. The smallest absolute Gasteiger partial charge is 0.319 e. The number of ether oxygens (including phenoxy) is 1. The molecule has 0 aliphatic rings. The molecular formula is C17H16N6O4. The van der Waals surface area contributed by atoms with Crippen LogP contribution in [-0.4, -0.2) is 32.6 Å². The SMILES string of the molecule is COc1ccc([N+](=O)[O-])cc1NC(=O)NCc1ccc(-n2ccnc2)nc1. The Hall–Kier alpha value is -3.95. The monoisotopic (exact) mass is 368 g/mol. The fourth-order valence-corrected chi connectivity index (χ4v) is 2.32. The maximum Gasteiger partial charge on any atom is 0.319 e. The van der Waals surface area contributed by atoms with Crippen LogP contribution in [-0.2, 0) is 6.54 Å². The standard InChI is InChI=1S/C17H16N6O4/c1-27-15-4-3-13(23(25)26)8-14(15)21-17(24)20-10-12-2-5-16(19-9-12)22-7-6-18-11-22/h2-9,11H,10H2,1H3,(H2,20,21,24). The van der Waals surface area contributed by atoms with Gasteiger partial charge in [-0.2, -0.15) is 0 Å². The molecule has 2 N–H and O–H groups in total. The predicted molar refractivity (Wildman–Crippen MR) is 96.9 cm³/mol. The van der Waals surface area contributed by atoms with Crippen molar-refractivity contribution in [3.8, 4) is 11.6 Å². The number of urea groups is 1. The maximum atomic E-state index is 12.1. The highest BCUT2D eigenvalue weighted by Gasteiger charge is 2.13. The molecule has 0 spiro atoms. The number of anilines is 1. The summed E-state index contributed by atoms with van der Waals surface area (Å²) in [5.41, 5.74) is 0.850. The largest absolute Gasteiger partial charge is 0.495 e. The average molecular weight is 368 g/mol. The molecule has 1 aromatic carbocycles. The van der Waals surface area contributed by atoms with E-state index in [9.17, 15) is 14.9 Å². The van der Waals surface area contributed by atoms with Gasteiger partial charge in [0.05, 0.1) is 17.7 Å². The van der Waals surface area contributed by atoms with Crippen molar-refractivity contribution in [2.45, 2.75) is 6.54 Å². The van der Waals surface area contributed by atoms with Gasteiger partial charge in [0, 0.05) is 37.3 Å². The molecule has 0 fully saturated rings. The normalized spacial score (nSPS) is 10.3. The number of carbonyl (C=O) groups excluding carboxylic acids is 1. The minimum Gasteiger partial charge on any atom is -0.495 e. The van der Waals surface area contributed by atoms with Crippen molar-refractivity contribution in [1.29, 1.82) is 0 Å².